The number of rotatable bonds is 4. The quantitative estimate of drug-likeness (QED) is 0.809. The Hall–Kier alpha value is -2.36. The molecular formula is C21H23BrN4O. The van der Waals surface area contributed by atoms with E-state index in [0.29, 0.717) is 12.1 Å². The first kappa shape index (κ1) is 19.4. The lowest BCUT2D eigenvalue weighted by molar-refractivity contribution is -0.117. The maximum absolute atomic E-state index is 12.5. The first-order valence-corrected chi connectivity index (χ1v) is 9.80. The van der Waals surface area contributed by atoms with Crippen LogP contribution in [0.4, 0.5) is 11.4 Å². The molecule has 2 aromatic carbocycles. The van der Waals surface area contributed by atoms with Gasteiger partial charge in [0.25, 0.3) is 0 Å². The fourth-order valence-corrected chi connectivity index (χ4v) is 4.00. The molecule has 3 rings (SSSR count). The van der Waals surface area contributed by atoms with Gasteiger partial charge in [-0.1, -0.05) is 18.2 Å². The van der Waals surface area contributed by atoms with Crippen LogP contribution < -0.4 is 10.2 Å². The summed E-state index contributed by atoms with van der Waals surface area (Å²) in [7, 11) is 0. The molecule has 140 valence electrons. The molecule has 1 fully saturated rings. The largest absolute Gasteiger partial charge is 0.368 e. The summed E-state index contributed by atoms with van der Waals surface area (Å²) in [6.45, 7) is 7.77. The van der Waals surface area contributed by atoms with Crippen molar-refractivity contribution in [3.63, 3.8) is 0 Å². The molecule has 1 aliphatic heterocycles. The molecule has 0 atom stereocenters. The second-order valence-electron chi connectivity index (χ2n) is 6.86. The zero-order valence-electron chi connectivity index (χ0n) is 15.6. The highest BCUT2D eigenvalue weighted by molar-refractivity contribution is 9.10. The van der Waals surface area contributed by atoms with Crippen molar-refractivity contribution >= 4 is 33.2 Å². The number of para-hydroxylation sites is 1. The lowest BCUT2D eigenvalue weighted by Gasteiger charge is -2.36. The summed E-state index contributed by atoms with van der Waals surface area (Å²) < 4.78 is 0.933. The predicted octanol–water partition coefficient (Wildman–Crippen LogP) is 3.70. The SMILES string of the molecule is Cc1cccc(C)c1NC(=O)CN1CCN(c2ccc(C#N)cc2Br)CC1. The molecule has 1 heterocycles. The van der Waals surface area contributed by atoms with Crippen LogP contribution in [0, 0.1) is 25.2 Å². The highest BCUT2D eigenvalue weighted by Gasteiger charge is 2.21. The molecule has 1 aliphatic rings. The molecule has 0 aromatic heterocycles. The van der Waals surface area contributed by atoms with Crippen molar-refractivity contribution in [1.82, 2.24) is 4.90 Å². The Kier molecular flexibility index (Phi) is 6.15. The maximum Gasteiger partial charge on any atom is 0.238 e. The van der Waals surface area contributed by atoms with Crippen LogP contribution in [0.15, 0.2) is 40.9 Å². The normalized spacial score (nSPS) is 14.7. The number of halogens is 1. The first-order chi connectivity index (χ1) is 13.0. The third-order valence-corrected chi connectivity index (χ3v) is 5.54. The molecule has 0 unspecified atom stereocenters. The lowest BCUT2D eigenvalue weighted by Crippen LogP contribution is -2.48. The number of amides is 1. The molecule has 1 amide bonds. The Balaban J connectivity index is 1.55. The van der Waals surface area contributed by atoms with E-state index in [1.54, 1.807) is 0 Å². The number of aryl methyl sites for hydroxylation is 2. The number of piperazine rings is 1. The van der Waals surface area contributed by atoms with Crippen LogP contribution in [0.25, 0.3) is 0 Å². The Morgan fingerprint density at radius 1 is 1.15 bits per heavy atom. The molecule has 2 aromatic rings. The number of hydrogen-bond acceptors (Lipinski definition) is 4. The van der Waals surface area contributed by atoms with Gasteiger partial charge in [-0.2, -0.15) is 5.26 Å². The smallest absolute Gasteiger partial charge is 0.238 e. The van der Waals surface area contributed by atoms with Crippen LogP contribution in [-0.4, -0.2) is 43.5 Å². The van der Waals surface area contributed by atoms with E-state index in [0.717, 1.165) is 53.2 Å². The van der Waals surface area contributed by atoms with Crippen molar-refractivity contribution in [1.29, 1.82) is 5.26 Å². The number of nitriles is 1. The minimum absolute atomic E-state index is 0.0282. The van der Waals surface area contributed by atoms with E-state index >= 15 is 0 Å². The lowest BCUT2D eigenvalue weighted by atomic mass is 10.1. The Morgan fingerprint density at radius 2 is 1.81 bits per heavy atom. The standard InChI is InChI=1S/C21H23BrN4O/c1-15-4-3-5-16(2)21(15)24-20(27)14-25-8-10-26(11-9-25)19-7-6-17(13-23)12-18(19)22/h3-7,12H,8-11,14H2,1-2H3,(H,24,27). The maximum atomic E-state index is 12.5. The average molecular weight is 427 g/mol. The van der Waals surface area contributed by atoms with Gasteiger partial charge in [0.1, 0.15) is 0 Å². The first-order valence-electron chi connectivity index (χ1n) is 9.01. The van der Waals surface area contributed by atoms with Crippen LogP contribution in [0.1, 0.15) is 16.7 Å². The fraction of sp³-hybridized carbons (Fsp3) is 0.333. The van der Waals surface area contributed by atoms with Crippen LogP contribution in [0.2, 0.25) is 0 Å². The van der Waals surface area contributed by atoms with Crippen LogP contribution in [0.5, 0.6) is 0 Å². The van der Waals surface area contributed by atoms with Crippen molar-refractivity contribution in [3.05, 3.63) is 57.6 Å². The average Bonchev–Trinajstić information content (AvgIpc) is 2.65. The Bertz CT molecular complexity index is 862. The minimum atomic E-state index is 0.0282. The van der Waals surface area contributed by atoms with Gasteiger partial charge in [-0.15, -0.1) is 0 Å². The molecule has 0 radical (unpaired) electrons. The number of nitrogens with one attached hydrogen (secondary N) is 1. The van der Waals surface area contributed by atoms with E-state index in [2.05, 4.69) is 37.1 Å². The van der Waals surface area contributed by atoms with E-state index in [1.165, 1.54) is 0 Å². The van der Waals surface area contributed by atoms with Crippen molar-refractivity contribution in [2.75, 3.05) is 42.9 Å². The summed E-state index contributed by atoms with van der Waals surface area (Å²) in [5.74, 6) is 0.0282. The second-order valence-corrected chi connectivity index (χ2v) is 7.71. The van der Waals surface area contributed by atoms with Crippen LogP contribution in [-0.2, 0) is 4.79 Å². The van der Waals surface area contributed by atoms with E-state index in [4.69, 9.17) is 5.26 Å². The molecular weight excluding hydrogens is 404 g/mol. The summed E-state index contributed by atoms with van der Waals surface area (Å²) in [5.41, 5.74) is 4.82. The molecule has 1 N–H and O–H groups in total. The van der Waals surface area contributed by atoms with Gasteiger partial charge in [0.2, 0.25) is 5.91 Å². The third-order valence-electron chi connectivity index (χ3n) is 4.90. The van der Waals surface area contributed by atoms with Crippen LogP contribution in [0.3, 0.4) is 0 Å². The van der Waals surface area contributed by atoms with Crippen LogP contribution >= 0.6 is 15.9 Å². The highest BCUT2D eigenvalue weighted by atomic mass is 79.9. The summed E-state index contributed by atoms with van der Waals surface area (Å²) in [5, 5.41) is 12.1. The Labute approximate surface area is 168 Å². The second kappa shape index (κ2) is 8.55. The minimum Gasteiger partial charge on any atom is -0.368 e. The number of anilines is 2. The van der Waals surface area contributed by atoms with E-state index in [1.807, 2.05) is 50.2 Å². The van der Waals surface area contributed by atoms with Gasteiger partial charge in [-0.3, -0.25) is 9.69 Å². The summed E-state index contributed by atoms with van der Waals surface area (Å²) >= 11 is 3.56. The molecule has 0 aliphatic carbocycles. The Morgan fingerprint density at radius 3 is 2.41 bits per heavy atom. The predicted molar refractivity (Wildman–Crippen MR) is 112 cm³/mol. The number of carbonyl (C=O) groups excluding carboxylic acids is 1. The summed E-state index contributed by atoms with van der Waals surface area (Å²) in [4.78, 5) is 16.9. The topological polar surface area (TPSA) is 59.4 Å². The summed E-state index contributed by atoms with van der Waals surface area (Å²) in [6, 6.07) is 13.8. The van der Waals surface area contributed by atoms with Gasteiger partial charge in [-0.25, -0.2) is 0 Å². The van der Waals surface area contributed by atoms with Gasteiger partial charge < -0.3 is 10.2 Å². The van der Waals surface area contributed by atoms with Crippen molar-refractivity contribution in [2.45, 2.75) is 13.8 Å². The molecule has 5 nitrogen and oxygen atoms in total. The van der Waals surface area contributed by atoms with E-state index < -0.39 is 0 Å². The van der Waals surface area contributed by atoms with Gasteiger partial charge in [-0.05, 0) is 59.1 Å². The molecule has 27 heavy (non-hydrogen) atoms. The van der Waals surface area contributed by atoms with Crippen molar-refractivity contribution in [2.24, 2.45) is 0 Å². The fourth-order valence-electron chi connectivity index (χ4n) is 3.37. The van der Waals surface area contributed by atoms with Gasteiger partial charge in [0, 0.05) is 36.3 Å². The zero-order valence-corrected chi connectivity index (χ0v) is 17.2. The van der Waals surface area contributed by atoms with E-state index in [9.17, 15) is 4.79 Å². The monoisotopic (exact) mass is 426 g/mol. The summed E-state index contributed by atoms with van der Waals surface area (Å²) in [6.07, 6.45) is 0. The van der Waals surface area contributed by atoms with Gasteiger partial charge >= 0.3 is 0 Å². The highest BCUT2D eigenvalue weighted by Crippen LogP contribution is 2.28. The molecule has 6 heteroatoms. The zero-order chi connectivity index (χ0) is 19.4. The number of carbonyl (C=O) groups is 1. The third kappa shape index (κ3) is 4.68. The van der Waals surface area contributed by atoms with Crippen molar-refractivity contribution in [3.8, 4) is 6.07 Å². The number of hydrogen-bond donors (Lipinski definition) is 1. The number of benzene rings is 2. The van der Waals surface area contributed by atoms with Crippen molar-refractivity contribution < 1.29 is 4.79 Å². The molecule has 0 spiro atoms. The molecule has 0 bridgehead atoms. The van der Waals surface area contributed by atoms with Gasteiger partial charge in [0.05, 0.1) is 23.9 Å². The number of nitrogens with zero attached hydrogens (tertiary/aromatic N) is 3. The van der Waals surface area contributed by atoms with Gasteiger partial charge in [0.15, 0.2) is 0 Å². The molecule has 0 saturated carbocycles. The van der Waals surface area contributed by atoms with E-state index in [-0.39, 0.29) is 5.91 Å². The molecule has 1 saturated heterocycles.